The van der Waals surface area contributed by atoms with Crippen molar-refractivity contribution >= 4 is 17.8 Å². The second-order valence-electron chi connectivity index (χ2n) is 17.5. The number of hydroxylamine groups is 2. The molecular formula is C44H66N4O8. The van der Waals surface area contributed by atoms with Crippen molar-refractivity contribution in [3.8, 4) is 16.9 Å². The Labute approximate surface area is 333 Å². The van der Waals surface area contributed by atoms with Gasteiger partial charge in [0.1, 0.15) is 24.5 Å². The number of carbonyl (C=O) groups is 3. The Bertz CT molecular complexity index is 1650. The minimum Gasteiger partial charge on any atom is -0.496 e. The number of nitrogens with zero attached hydrogens (tertiary/aromatic N) is 2. The molecular weight excluding hydrogens is 713 g/mol. The van der Waals surface area contributed by atoms with E-state index in [0.29, 0.717) is 35.0 Å². The molecule has 2 amide bonds. The largest absolute Gasteiger partial charge is 0.496 e. The summed E-state index contributed by atoms with van der Waals surface area (Å²) in [4.78, 5) is 48.7. The van der Waals surface area contributed by atoms with Crippen LogP contribution >= 0.6 is 0 Å². The summed E-state index contributed by atoms with van der Waals surface area (Å²) in [6.07, 6.45) is 1.32. The van der Waals surface area contributed by atoms with Crippen LogP contribution in [0, 0.1) is 35.0 Å². The predicted octanol–water partition coefficient (Wildman–Crippen LogP) is 5.32. The maximum absolute atomic E-state index is 14.5. The molecule has 310 valence electrons. The lowest BCUT2D eigenvalue weighted by Gasteiger charge is -2.62. The first kappa shape index (κ1) is 43.6. The summed E-state index contributed by atoms with van der Waals surface area (Å²) in [6.45, 7) is 15.4. The molecule has 9 atom stereocenters. The van der Waals surface area contributed by atoms with Gasteiger partial charge < -0.3 is 34.9 Å². The minimum absolute atomic E-state index is 0.00772. The molecule has 0 radical (unpaired) electrons. The Kier molecular flexibility index (Phi) is 14.6. The van der Waals surface area contributed by atoms with Gasteiger partial charge in [0, 0.05) is 41.2 Å². The highest BCUT2D eigenvalue weighted by Crippen LogP contribution is 2.61. The molecule has 0 aromatic heterocycles. The summed E-state index contributed by atoms with van der Waals surface area (Å²) >= 11 is 0. The summed E-state index contributed by atoms with van der Waals surface area (Å²) in [7, 11) is 5.62. The van der Waals surface area contributed by atoms with Gasteiger partial charge in [0.15, 0.2) is 0 Å². The van der Waals surface area contributed by atoms with Crippen molar-refractivity contribution in [1.29, 1.82) is 0 Å². The van der Waals surface area contributed by atoms with Crippen molar-refractivity contribution in [1.82, 2.24) is 20.6 Å². The molecule has 2 aromatic rings. The van der Waals surface area contributed by atoms with Crippen LogP contribution in [0.4, 0.5) is 0 Å². The van der Waals surface area contributed by atoms with Crippen molar-refractivity contribution in [2.24, 2.45) is 35.0 Å². The SMILES string of the molecule is CCOC(=O)COC[C@@H]1ON(Cc2cccc(-c3cccc(C(=O)N[C@H](CC(C)C)CN(C)C)c3)c2OC)[C@H](C(=O)N[C@H]2C[C@H]3C[C@H]([C@@H]2C)C3(C)C)[C@@H]1[C@H](C)O. The van der Waals surface area contributed by atoms with Gasteiger partial charge in [0.2, 0.25) is 5.91 Å². The molecule has 3 N–H and O–H groups in total. The number of ether oxygens (including phenoxy) is 3. The van der Waals surface area contributed by atoms with Crippen LogP contribution in [0.1, 0.15) is 83.7 Å². The molecule has 4 fully saturated rings. The number of carbonyl (C=O) groups excluding carboxylic acids is 3. The standard InChI is InChI=1S/C44H66N4O8/c1-11-55-38(50)25-54-24-37-39(28(5)49)40(43(52)46-36-21-32-20-35(27(36)4)44(32,6)7)48(56-37)22-31-16-13-17-34(41(31)53-10)29-14-12-15-30(19-29)42(51)45-33(18-26(2)3)23-47(8)9/h12-17,19,26-28,32-33,35-37,39-40,49H,11,18,20-25H2,1-10H3,(H,45,51)(H,46,52)/t27-,28-,32+,33+,35+,36-,37-,39+,40-/m0/s1. The minimum atomic E-state index is -0.928. The van der Waals surface area contributed by atoms with Crippen LogP contribution < -0.4 is 15.4 Å². The van der Waals surface area contributed by atoms with Crippen LogP contribution in [0.15, 0.2) is 42.5 Å². The van der Waals surface area contributed by atoms with E-state index in [4.69, 9.17) is 19.0 Å². The van der Waals surface area contributed by atoms with Gasteiger partial charge in [-0.25, -0.2) is 4.79 Å². The van der Waals surface area contributed by atoms with Gasteiger partial charge in [-0.15, -0.1) is 0 Å². The molecule has 6 rings (SSSR count). The number of likely N-dealkylation sites (N-methyl/N-ethyl adjacent to an activating group) is 1. The first-order valence-electron chi connectivity index (χ1n) is 20.4. The molecule has 0 spiro atoms. The predicted molar refractivity (Wildman–Crippen MR) is 216 cm³/mol. The molecule has 12 heteroatoms. The molecule has 56 heavy (non-hydrogen) atoms. The molecule has 4 aliphatic rings. The Morgan fingerprint density at radius 2 is 1.82 bits per heavy atom. The molecule has 12 nitrogen and oxygen atoms in total. The average Bonchev–Trinajstić information content (AvgIpc) is 3.49. The van der Waals surface area contributed by atoms with Crippen molar-refractivity contribution in [3.05, 3.63) is 53.6 Å². The number of aliphatic hydroxyl groups excluding tert-OH is 1. The second kappa shape index (κ2) is 18.8. The van der Waals surface area contributed by atoms with E-state index in [2.05, 4.69) is 50.2 Å². The molecule has 3 saturated carbocycles. The maximum Gasteiger partial charge on any atom is 0.332 e. The Morgan fingerprint density at radius 3 is 2.45 bits per heavy atom. The van der Waals surface area contributed by atoms with Gasteiger partial charge in [-0.3, -0.25) is 14.4 Å². The van der Waals surface area contributed by atoms with Gasteiger partial charge >= 0.3 is 5.97 Å². The number of para-hydroxylation sites is 1. The lowest BCUT2D eigenvalue weighted by atomic mass is 9.45. The van der Waals surface area contributed by atoms with E-state index in [1.54, 1.807) is 26.0 Å². The first-order chi connectivity index (χ1) is 26.5. The molecule has 0 unspecified atom stereocenters. The van der Waals surface area contributed by atoms with Gasteiger partial charge in [0.25, 0.3) is 5.91 Å². The number of methoxy groups -OCH3 is 1. The molecule has 1 heterocycles. The van der Waals surface area contributed by atoms with E-state index >= 15 is 0 Å². The maximum atomic E-state index is 14.5. The van der Waals surface area contributed by atoms with Crippen molar-refractivity contribution in [2.45, 2.75) is 105 Å². The zero-order chi connectivity index (χ0) is 40.9. The highest BCUT2D eigenvalue weighted by molar-refractivity contribution is 5.96. The molecule has 1 saturated heterocycles. The number of hydrogen-bond donors (Lipinski definition) is 3. The van der Waals surface area contributed by atoms with E-state index in [9.17, 15) is 19.5 Å². The Morgan fingerprint density at radius 1 is 1.09 bits per heavy atom. The number of esters is 1. The Hall–Kier alpha value is -3.55. The van der Waals surface area contributed by atoms with Gasteiger partial charge in [-0.2, -0.15) is 5.06 Å². The summed E-state index contributed by atoms with van der Waals surface area (Å²) in [5, 5.41) is 19.5. The lowest BCUT2D eigenvalue weighted by Crippen LogP contribution is -2.62. The van der Waals surface area contributed by atoms with Crippen molar-refractivity contribution < 1.29 is 38.5 Å². The number of fused-ring (bicyclic) bond motifs is 2. The monoisotopic (exact) mass is 778 g/mol. The number of nitrogens with one attached hydrogen (secondary N) is 2. The highest BCUT2D eigenvalue weighted by Gasteiger charge is 2.57. The molecule has 3 aliphatic carbocycles. The van der Waals surface area contributed by atoms with E-state index in [1.165, 1.54) is 6.42 Å². The molecule has 2 bridgehead atoms. The third-order valence-corrected chi connectivity index (χ3v) is 12.4. The summed E-state index contributed by atoms with van der Waals surface area (Å²) in [6, 6.07) is 12.5. The number of aliphatic hydroxyl groups is 1. The van der Waals surface area contributed by atoms with Crippen molar-refractivity contribution in [2.75, 3.05) is 47.6 Å². The fourth-order valence-electron chi connectivity index (χ4n) is 9.56. The summed E-state index contributed by atoms with van der Waals surface area (Å²) in [5.74, 6) is 0.919. The van der Waals surface area contributed by atoms with Crippen LogP contribution in [0.25, 0.3) is 11.1 Å². The van der Waals surface area contributed by atoms with Crippen LogP contribution in [-0.2, 0) is 30.4 Å². The molecule has 1 aliphatic heterocycles. The number of rotatable bonds is 18. The zero-order valence-electron chi connectivity index (χ0n) is 35.2. The van der Waals surface area contributed by atoms with E-state index < -0.39 is 30.1 Å². The third-order valence-electron chi connectivity index (χ3n) is 12.4. The van der Waals surface area contributed by atoms with Gasteiger partial charge in [-0.05, 0) is 94.0 Å². The van der Waals surface area contributed by atoms with Crippen molar-refractivity contribution in [3.63, 3.8) is 0 Å². The summed E-state index contributed by atoms with van der Waals surface area (Å²) in [5.41, 5.74) is 3.16. The smallest absolute Gasteiger partial charge is 0.332 e. The molecule has 2 aromatic carbocycles. The van der Waals surface area contributed by atoms with Gasteiger partial charge in [-0.1, -0.05) is 65.0 Å². The van der Waals surface area contributed by atoms with E-state index in [1.807, 2.05) is 56.6 Å². The topological polar surface area (TPSA) is 139 Å². The van der Waals surface area contributed by atoms with Crippen LogP contribution in [0.2, 0.25) is 0 Å². The van der Waals surface area contributed by atoms with Crippen LogP contribution in [-0.4, -0.2) is 111 Å². The van der Waals surface area contributed by atoms with E-state index in [0.717, 1.165) is 36.1 Å². The number of benzene rings is 2. The van der Waals surface area contributed by atoms with Crippen LogP contribution in [0.5, 0.6) is 5.75 Å². The number of hydrogen-bond acceptors (Lipinski definition) is 10. The van der Waals surface area contributed by atoms with Crippen LogP contribution in [0.3, 0.4) is 0 Å². The highest BCUT2D eigenvalue weighted by atomic mass is 16.7. The Balaban J connectivity index is 1.41. The fourth-order valence-corrected chi connectivity index (χ4v) is 9.56. The first-order valence-corrected chi connectivity index (χ1v) is 20.4. The average molecular weight is 779 g/mol. The van der Waals surface area contributed by atoms with E-state index in [-0.39, 0.29) is 55.7 Å². The number of amides is 2. The second-order valence-corrected chi connectivity index (χ2v) is 17.5. The quantitative estimate of drug-likeness (QED) is 0.171. The lowest BCUT2D eigenvalue weighted by molar-refractivity contribution is -0.188. The normalized spacial score (nSPS) is 26.7. The summed E-state index contributed by atoms with van der Waals surface area (Å²) < 4.78 is 16.8. The third kappa shape index (κ3) is 9.93. The van der Waals surface area contributed by atoms with Gasteiger partial charge in [0.05, 0.1) is 33.0 Å². The zero-order valence-corrected chi connectivity index (χ0v) is 35.2. The fraction of sp³-hybridized carbons (Fsp3) is 0.659.